The van der Waals surface area contributed by atoms with Crippen LogP contribution in [0.5, 0.6) is 0 Å². The van der Waals surface area contributed by atoms with Crippen molar-refractivity contribution in [3.63, 3.8) is 0 Å². The van der Waals surface area contributed by atoms with E-state index in [1.165, 1.54) is 5.56 Å². The van der Waals surface area contributed by atoms with E-state index in [4.69, 9.17) is 4.74 Å². The van der Waals surface area contributed by atoms with Gasteiger partial charge >= 0.3 is 0 Å². The summed E-state index contributed by atoms with van der Waals surface area (Å²) in [5.74, 6) is 1.51. The summed E-state index contributed by atoms with van der Waals surface area (Å²) >= 11 is 0. The third-order valence-electron chi connectivity index (χ3n) is 2.97. The average molecular weight is 217 g/mol. The molecular formula is C14H19NO. The summed E-state index contributed by atoms with van der Waals surface area (Å²) in [7, 11) is 0. The van der Waals surface area contributed by atoms with Gasteiger partial charge in [-0.2, -0.15) is 0 Å². The van der Waals surface area contributed by atoms with E-state index in [2.05, 4.69) is 43.1 Å². The molecule has 1 aliphatic heterocycles. The van der Waals surface area contributed by atoms with Gasteiger partial charge in [-0.25, -0.2) is 4.99 Å². The third kappa shape index (κ3) is 2.84. The van der Waals surface area contributed by atoms with Crippen LogP contribution in [-0.4, -0.2) is 18.5 Å². The number of ether oxygens (including phenoxy) is 1. The molecule has 1 aromatic rings. The number of aryl methyl sites for hydroxylation is 1. The van der Waals surface area contributed by atoms with Crippen LogP contribution in [0.3, 0.4) is 0 Å². The van der Waals surface area contributed by atoms with Gasteiger partial charge in [0.05, 0.1) is 6.04 Å². The SMILES string of the molecule is CC(C)[C@@H]1COC(CCc2ccccc2)=N1. The van der Waals surface area contributed by atoms with E-state index in [9.17, 15) is 0 Å². The Morgan fingerprint density at radius 1 is 1.25 bits per heavy atom. The summed E-state index contributed by atoms with van der Waals surface area (Å²) in [5.41, 5.74) is 1.35. The molecule has 1 atom stereocenters. The van der Waals surface area contributed by atoms with Gasteiger partial charge in [-0.3, -0.25) is 0 Å². The number of hydrogen-bond acceptors (Lipinski definition) is 2. The molecule has 1 heterocycles. The molecular weight excluding hydrogens is 198 g/mol. The quantitative estimate of drug-likeness (QED) is 0.759. The monoisotopic (exact) mass is 217 g/mol. The normalized spacial score (nSPS) is 19.7. The van der Waals surface area contributed by atoms with Gasteiger partial charge in [0.15, 0.2) is 5.90 Å². The highest BCUT2D eigenvalue weighted by atomic mass is 16.5. The lowest BCUT2D eigenvalue weighted by molar-refractivity contribution is 0.286. The van der Waals surface area contributed by atoms with Crippen molar-refractivity contribution in [1.29, 1.82) is 0 Å². The maximum absolute atomic E-state index is 5.60. The summed E-state index contributed by atoms with van der Waals surface area (Å²) in [6.45, 7) is 5.15. The first-order valence-electron chi connectivity index (χ1n) is 5.99. The maximum atomic E-state index is 5.60. The molecule has 0 amide bonds. The van der Waals surface area contributed by atoms with Crippen LogP contribution >= 0.6 is 0 Å². The largest absolute Gasteiger partial charge is 0.479 e. The Morgan fingerprint density at radius 2 is 2.00 bits per heavy atom. The molecule has 0 aliphatic carbocycles. The minimum atomic E-state index is 0.366. The Labute approximate surface area is 97.4 Å². The highest BCUT2D eigenvalue weighted by Crippen LogP contribution is 2.16. The Kier molecular flexibility index (Phi) is 3.60. The summed E-state index contributed by atoms with van der Waals surface area (Å²) < 4.78 is 5.60. The zero-order valence-electron chi connectivity index (χ0n) is 10.0. The molecule has 86 valence electrons. The molecule has 2 nitrogen and oxygen atoms in total. The van der Waals surface area contributed by atoms with Crippen LogP contribution < -0.4 is 0 Å². The van der Waals surface area contributed by atoms with E-state index in [-0.39, 0.29) is 0 Å². The molecule has 1 aliphatic rings. The van der Waals surface area contributed by atoms with Gasteiger partial charge in [0.25, 0.3) is 0 Å². The molecule has 0 unspecified atom stereocenters. The fraction of sp³-hybridized carbons (Fsp3) is 0.500. The zero-order chi connectivity index (χ0) is 11.4. The Hall–Kier alpha value is -1.31. The second kappa shape index (κ2) is 5.15. The lowest BCUT2D eigenvalue weighted by Crippen LogP contribution is -2.13. The predicted molar refractivity (Wildman–Crippen MR) is 66.8 cm³/mol. The molecule has 1 aromatic carbocycles. The highest BCUT2D eigenvalue weighted by molar-refractivity contribution is 5.77. The molecule has 0 saturated carbocycles. The van der Waals surface area contributed by atoms with Crippen LogP contribution in [0.15, 0.2) is 35.3 Å². The van der Waals surface area contributed by atoms with Crippen molar-refractivity contribution < 1.29 is 4.74 Å². The standard InChI is InChI=1S/C14H19NO/c1-11(2)13-10-16-14(15-13)9-8-12-6-4-3-5-7-12/h3-7,11,13H,8-10H2,1-2H3/t13-/m0/s1. The summed E-state index contributed by atoms with van der Waals surface area (Å²) in [6.07, 6.45) is 1.94. The molecule has 0 N–H and O–H groups in total. The first-order valence-corrected chi connectivity index (χ1v) is 5.99. The number of aliphatic imine (C=N–C) groups is 1. The maximum Gasteiger partial charge on any atom is 0.183 e. The minimum Gasteiger partial charge on any atom is -0.479 e. The van der Waals surface area contributed by atoms with Crippen molar-refractivity contribution in [1.82, 2.24) is 0 Å². The molecule has 2 heteroatoms. The van der Waals surface area contributed by atoms with Crippen LogP contribution in [0.4, 0.5) is 0 Å². The van der Waals surface area contributed by atoms with Crippen molar-refractivity contribution in [2.75, 3.05) is 6.61 Å². The Balaban J connectivity index is 1.86. The van der Waals surface area contributed by atoms with Gasteiger partial charge in [-0.1, -0.05) is 44.2 Å². The second-order valence-electron chi connectivity index (χ2n) is 4.63. The molecule has 0 aromatic heterocycles. The van der Waals surface area contributed by atoms with Crippen molar-refractivity contribution in [3.8, 4) is 0 Å². The first kappa shape index (κ1) is 11.2. The molecule has 0 spiro atoms. The molecule has 16 heavy (non-hydrogen) atoms. The van der Waals surface area contributed by atoms with E-state index >= 15 is 0 Å². The lowest BCUT2D eigenvalue weighted by atomic mass is 10.1. The average Bonchev–Trinajstić information content (AvgIpc) is 2.76. The first-order chi connectivity index (χ1) is 7.75. The summed E-state index contributed by atoms with van der Waals surface area (Å²) in [6, 6.07) is 10.9. The van der Waals surface area contributed by atoms with Crippen molar-refractivity contribution >= 4 is 5.90 Å². The van der Waals surface area contributed by atoms with Gasteiger partial charge in [0.1, 0.15) is 6.61 Å². The highest BCUT2D eigenvalue weighted by Gasteiger charge is 2.21. The smallest absolute Gasteiger partial charge is 0.183 e. The summed E-state index contributed by atoms with van der Waals surface area (Å²) in [4.78, 5) is 4.60. The molecule has 0 radical (unpaired) electrons. The van der Waals surface area contributed by atoms with Crippen LogP contribution in [0, 0.1) is 5.92 Å². The van der Waals surface area contributed by atoms with E-state index in [0.29, 0.717) is 12.0 Å². The van der Waals surface area contributed by atoms with Crippen LogP contribution in [0.1, 0.15) is 25.8 Å². The van der Waals surface area contributed by atoms with E-state index in [1.807, 2.05) is 6.07 Å². The third-order valence-corrected chi connectivity index (χ3v) is 2.97. The molecule has 0 fully saturated rings. The topological polar surface area (TPSA) is 21.6 Å². The van der Waals surface area contributed by atoms with Gasteiger partial charge < -0.3 is 4.74 Å². The molecule has 0 saturated heterocycles. The van der Waals surface area contributed by atoms with Crippen molar-refractivity contribution in [2.24, 2.45) is 10.9 Å². The van der Waals surface area contributed by atoms with Gasteiger partial charge in [0.2, 0.25) is 0 Å². The van der Waals surface area contributed by atoms with Crippen molar-refractivity contribution in [3.05, 3.63) is 35.9 Å². The second-order valence-corrected chi connectivity index (χ2v) is 4.63. The zero-order valence-corrected chi connectivity index (χ0v) is 10.0. The van der Waals surface area contributed by atoms with E-state index in [0.717, 1.165) is 25.3 Å². The van der Waals surface area contributed by atoms with Crippen LogP contribution in [0.25, 0.3) is 0 Å². The van der Waals surface area contributed by atoms with Gasteiger partial charge in [-0.05, 0) is 17.9 Å². The van der Waals surface area contributed by atoms with E-state index < -0.39 is 0 Å². The Morgan fingerprint density at radius 3 is 2.62 bits per heavy atom. The predicted octanol–water partition coefficient (Wildman–Crippen LogP) is 3.07. The Bertz CT molecular complexity index is 356. The number of nitrogens with zero attached hydrogens (tertiary/aromatic N) is 1. The van der Waals surface area contributed by atoms with Gasteiger partial charge in [0, 0.05) is 6.42 Å². The molecule has 0 bridgehead atoms. The fourth-order valence-electron chi connectivity index (χ4n) is 1.82. The molecule has 2 rings (SSSR count). The van der Waals surface area contributed by atoms with Gasteiger partial charge in [-0.15, -0.1) is 0 Å². The fourth-order valence-corrected chi connectivity index (χ4v) is 1.82. The number of rotatable bonds is 4. The van der Waals surface area contributed by atoms with Crippen LogP contribution in [-0.2, 0) is 11.2 Å². The van der Waals surface area contributed by atoms with Crippen LogP contribution in [0.2, 0.25) is 0 Å². The van der Waals surface area contributed by atoms with E-state index in [1.54, 1.807) is 0 Å². The number of hydrogen-bond donors (Lipinski definition) is 0. The van der Waals surface area contributed by atoms with Crippen molar-refractivity contribution in [2.45, 2.75) is 32.7 Å². The lowest BCUT2D eigenvalue weighted by Gasteiger charge is -2.06. The summed E-state index contributed by atoms with van der Waals surface area (Å²) in [5, 5.41) is 0. The minimum absolute atomic E-state index is 0.366. The number of benzene rings is 1.